The van der Waals surface area contributed by atoms with Crippen molar-refractivity contribution in [2.24, 2.45) is 0 Å². The lowest BCUT2D eigenvalue weighted by atomic mass is 10.0. The molecule has 1 aromatic heterocycles. The second kappa shape index (κ2) is 6.88. The van der Waals surface area contributed by atoms with Gasteiger partial charge >= 0.3 is 0 Å². The maximum absolute atomic E-state index is 12.7. The van der Waals surface area contributed by atoms with Gasteiger partial charge in [-0.25, -0.2) is 4.98 Å². The highest BCUT2D eigenvalue weighted by Gasteiger charge is 2.18. The predicted molar refractivity (Wildman–Crippen MR) is 89.1 cm³/mol. The van der Waals surface area contributed by atoms with E-state index >= 15 is 0 Å². The standard InChI is InChI=1S/C18H23N3O/c1-2-10-19-11-12-21-13-20-17-15-8-4-3-6-14(15)7-5-9-16(17)18(21)22/h3-4,6,8,13,19H,2,5,7,9-12H2,1H3. The Morgan fingerprint density at radius 2 is 2.09 bits per heavy atom. The van der Waals surface area contributed by atoms with E-state index in [9.17, 15) is 4.79 Å². The Bertz CT molecular complexity index is 706. The van der Waals surface area contributed by atoms with Gasteiger partial charge in [0, 0.05) is 24.2 Å². The van der Waals surface area contributed by atoms with Crippen LogP contribution in [0.4, 0.5) is 0 Å². The SMILES string of the molecule is CCCNCCn1cnc2c(c1=O)CCCc1ccccc1-2. The minimum atomic E-state index is 0.125. The fourth-order valence-corrected chi connectivity index (χ4v) is 3.08. The summed E-state index contributed by atoms with van der Waals surface area (Å²) in [5, 5.41) is 3.33. The van der Waals surface area contributed by atoms with Crippen LogP contribution in [0.25, 0.3) is 11.3 Å². The molecular weight excluding hydrogens is 274 g/mol. The van der Waals surface area contributed by atoms with Crippen LogP contribution in [-0.4, -0.2) is 22.6 Å². The van der Waals surface area contributed by atoms with E-state index < -0.39 is 0 Å². The van der Waals surface area contributed by atoms with Crippen LogP contribution < -0.4 is 10.9 Å². The number of hydrogen-bond acceptors (Lipinski definition) is 3. The maximum atomic E-state index is 12.7. The molecule has 1 aliphatic carbocycles. The third-order valence-corrected chi connectivity index (χ3v) is 4.23. The minimum absolute atomic E-state index is 0.125. The summed E-state index contributed by atoms with van der Waals surface area (Å²) in [4.78, 5) is 17.4. The third kappa shape index (κ3) is 2.97. The molecule has 0 unspecified atom stereocenters. The Morgan fingerprint density at radius 3 is 2.95 bits per heavy atom. The van der Waals surface area contributed by atoms with Crippen LogP contribution in [-0.2, 0) is 19.4 Å². The number of rotatable bonds is 5. The number of nitrogens with one attached hydrogen (secondary N) is 1. The lowest BCUT2D eigenvalue weighted by molar-refractivity contribution is 0.572. The predicted octanol–water partition coefficient (Wildman–Crippen LogP) is 2.40. The van der Waals surface area contributed by atoms with Gasteiger partial charge in [-0.1, -0.05) is 31.2 Å². The van der Waals surface area contributed by atoms with Crippen molar-refractivity contribution < 1.29 is 0 Å². The van der Waals surface area contributed by atoms with Crippen molar-refractivity contribution in [3.8, 4) is 11.3 Å². The van der Waals surface area contributed by atoms with Crippen LogP contribution >= 0.6 is 0 Å². The second-order valence-corrected chi connectivity index (χ2v) is 5.83. The Balaban J connectivity index is 1.92. The topological polar surface area (TPSA) is 46.9 Å². The quantitative estimate of drug-likeness (QED) is 0.862. The van der Waals surface area contributed by atoms with E-state index in [1.807, 2.05) is 6.07 Å². The van der Waals surface area contributed by atoms with Gasteiger partial charge in [0.2, 0.25) is 0 Å². The number of aryl methyl sites for hydroxylation is 1. The van der Waals surface area contributed by atoms with Crippen molar-refractivity contribution in [1.29, 1.82) is 0 Å². The molecule has 0 aliphatic heterocycles. The number of aromatic nitrogens is 2. The molecule has 0 bridgehead atoms. The Hall–Kier alpha value is -1.94. The van der Waals surface area contributed by atoms with Crippen LogP contribution in [0.2, 0.25) is 0 Å². The van der Waals surface area contributed by atoms with Gasteiger partial charge in [0.05, 0.1) is 12.0 Å². The van der Waals surface area contributed by atoms with E-state index in [4.69, 9.17) is 0 Å². The summed E-state index contributed by atoms with van der Waals surface area (Å²) < 4.78 is 1.75. The van der Waals surface area contributed by atoms with E-state index in [-0.39, 0.29) is 5.56 Å². The lowest BCUT2D eigenvalue weighted by Crippen LogP contribution is -2.30. The minimum Gasteiger partial charge on any atom is -0.315 e. The Morgan fingerprint density at radius 1 is 1.23 bits per heavy atom. The normalized spacial score (nSPS) is 13.3. The van der Waals surface area contributed by atoms with Gasteiger partial charge in [-0.05, 0) is 37.8 Å². The molecule has 0 atom stereocenters. The molecule has 1 aliphatic rings. The summed E-state index contributed by atoms with van der Waals surface area (Å²) in [7, 11) is 0. The molecule has 0 radical (unpaired) electrons. The first-order chi connectivity index (χ1) is 10.8. The van der Waals surface area contributed by atoms with Gasteiger partial charge in [-0.15, -0.1) is 0 Å². The number of fused-ring (bicyclic) bond motifs is 3. The van der Waals surface area contributed by atoms with E-state index in [1.165, 1.54) is 5.56 Å². The first kappa shape index (κ1) is 15.0. The molecule has 1 heterocycles. The molecule has 22 heavy (non-hydrogen) atoms. The molecule has 0 fully saturated rings. The summed E-state index contributed by atoms with van der Waals surface area (Å²) in [5.41, 5.74) is 4.32. The summed E-state index contributed by atoms with van der Waals surface area (Å²) in [6.07, 6.45) is 5.66. The van der Waals surface area contributed by atoms with Crippen molar-refractivity contribution in [3.63, 3.8) is 0 Å². The first-order valence-electron chi connectivity index (χ1n) is 8.18. The van der Waals surface area contributed by atoms with Gasteiger partial charge in [0.1, 0.15) is 0 Å². The molecule has 116 valence electrons. The molecule has 2 aromatic rings. The van der Waals surface area contributed by atoms with Gasteiger partial charge in [-0.2, -0.15) is 0 Å². The van der Waals surface area contributed by atoms with Crippen LogP contribution in [0.5, 0.6) is 0 Å². The van der Waals surface area contributed by atoms with Crippen molar-refractivity contribution in [1.82, 2.24) is 14.9 Å². The number of benzene rings is 1. The van der Waals surface area contributed by atoms with Crippen molar-refractivity contribution >= 4 is 0 Å². The zero-order valence-corrected chi connectivity index (χ0v) is 13.1. The highest BCUT2D eigenvalue weighted by Crippen LogP contribution is 2.28. The fraction of sp³-hybridized carbons (Fsp3) is 0.444. The molecule has 0 saturated heterocycles. The molecule has 1 aromatic carbocycles. The van der Waals surface area contributed by atoms with E-state index in [0.29, 0.717) is 6.54 Å². The van der Waals surface area contributed by atoms with Crippen LogP contribution in [0.1, 0.15) is 30.9 Å². The number of hydrogen-bond donors (Lipinski definition) is 1. The second-order valence-electron chi connectivity index (χ2n) is 5.83. The van der Waals surface area contributed by atoms with Crippen LogP contribution in [0, 0.1) is 0 Å². The summed E-state index contributed by atoms with van der Waals surface area (Å²) in [6, 6.07) is 8.31. The molecule has 4 heteroatoms. The average Bonchev–Trinajstić information content (AvgIpc) is 2.73. The van der Waals surface area contributed by atoms with E-state index in [2.05, 4.69) is 35.4 Å². The van der Waals surface area contributed by atoms with Gasteiger partial charge < -0.3 is 5.32 Å². The first-order valence-corrected chi connectivity index (χ1v) is 8.18. The monoisotopic (exact) mass is 297 g/mol. The summed E-state index contributed by atoms with van der Waals surface area (Å²) >= 11 is 0. The zero-order chi connectivity index (χ0) is 15.4. The molecule has 3 rings (SSSR count). The fourth-order valence-electron chi connectivity index (χ4n) is 3.08. The summed E-state index contributed by atoms with van der Waals surface area (Å²) in [6.45, 7) is 4.62. The third-order valence-electron chi connectivity index (χ3n) is 4.23. The molecular formula is C18H23N3O. The van der Waals surface area contributed by atoms with E-state index in [1.54, 1.807) is 10.9 Å². The lowest BCUT2D eigenvalue weighted by Gasteiger charge is -2.11. The molecule has 4 nitrogen and oxygen atoms in total. The maximum Gasteiger partial charge on any atom is 0.257 e. The highest BCUT2D eigenvalue weighted by molar-refractivity contribution is 5.67. The van der Waals surface area contributed by atoms with E-state index in [0.717, 1.165) is 55.6 Å². The molecule has 1 N–H and O–H groups in total. The summed E-state index contributed by atoms with van der Waals surface area (Å²) in [5.74, 6) is 0. The van der Waals surface area contributed by atoms with Gasteiger partial charge in [-0.3, -0.25) is 9.36 Å². The largest absolute Gasteiger partial charge is 0.315 e. The molecule has 0 saturated carbocycles. The van der Waals surface area contributed by atoms with Crippen molar-refractivity contribution in [3.05, 3.63) is 52.1 Å². The average molecular weight is 297 g/mol. The van der Waals surface area contributed by atoms with Crippen LogP contribution in [0.3, 0.4) is 0 Å². The Kier molecular flexibility index (Phi) is 4.68. The van der Waals surface area contributed by atoms with Crippen molar-refractivity contribution in [2.75, 3.05) is 13.1 Å². The highest BCUT2D eigenvalue weighted by atomic mass is 16.1. The zero-order valence-electron chi connectivity index (χ0n) is 13.1. The Labute approximate surface area is 131 Å². The number of nitrogens with zero attached hydrogens (tertiary/aromatic N) is 2. The smallest absolute Gasteiger partial charge is 0.257 e. The van der Waals surface area contributed by atoms with Gasteiger partial charge in [0.15, 0.2) is 0 Å². The van der Waals surface area contributed by atoms with Gasteiger partial charge in [0.25, 0.3) is 5.56 Å². The molecule has 0 spiro atoms. The molecule has 0 amide bonds. The van der Waals surface area contributed by atoms with Crippen LogP contribution in [0.15, 0.2) is 35.4 Å². The van der Waals surface area contributed by atoms with Crippen molar-refractivity contribution in [2.45, 2.75) is 39.2 Å².